The lowest BCUT2D eigenvalue weighted by Crippen LogP contribution is -2.19. The van der Waals surface area contributed by atoms with Crippen LogP contribution in [0.5, 0.6) is 11.5 Å². The van der Waals surface area contributed by atoms with E-state index < -0.39 is 23.6 Å². The van der Waals surface area contributed by atoms with Crippen molar-refractivity contribution >= 4 is 17.5 Å². The van der Waals surface area contributed by atoms with Gasteiger partial charge >= 0.3 is 5.97 Å². The average molecular weight is 304 g/mol. The van der Waals surface area contributed by atoms with E-state index >= 15 is 0 Å². The van der Waals surface area contributed by atoms with Crippen molar-refractivity contribution < 1.29 is 29.3 Å². The minimum atomic E-state index is -0.609. The molecule has 0 aromatic heterocycles. The van der Waals surface area contributed by atoms with E-state index in [1.54, 1.807) is 6.92 Å². The standard InChI is InChI=1S/C16H16O6/c1-9-2-3-11(17)4-5-13(19)16-10(7-15(21)22-9)6-12(18)8-14(16)20/h4-6,8-9,18,20H,2-3,7H2,1H3. The molecule has 0 fully saturated rings. The SMILES string of the molecule is CC1CCC(=O)C=CC(=O)c2c(O)cc(O)cc2CC(=O)O1. The third-order valence-corrected chi connectivity index (χ3v) is 3.32. The zero-order valence-corrected chi connectivity index (χ0v) is 12.0. The number of hydrogen-bond donors (Lipinski definition) is 2. The summed E-state index contributed by atoms with van der Waals surface area (Å²) in [5.74, 6) is -2.19. The summed E-state index contributed by atoms with van der Waals surface area (Å²) in [6.07, 6.45) is 2.04. The van der Waals surface area contributed by atoms with Crippen molar-refractivity contribution in [2.75, 3.05) is 0 Å². The molecule has 1 aromatic carbocycles. The molecular weight excluding hydrogens is 288 g/mol. The average Bonchev–Trinajstić information content (AvgIpc) is 2.40. The molecule has 1 heterocycles. The summed E-state index contributed by atoms with van der Waals surface area (Å²) in [5, 5.41) is 19.4. The molecule has 1 atom stereocenters. The number of carbonyl (C=O) groups is 3. The maximum atomic E-state index is 12.1. The fourth-order valence-electron chi connectivity index (χ4n) is 2.25. The zero-order chi connectivity index (χ0) is 16.3. The quantitative estimate of drug-likeness (QED) is 0.707. The predicted octanol–water partition coefficient (Wildman–Crippen LogP) is 1.67. The number of esters is 1. The van der Waals surface area contributed by atoms with Crippen LogP contribution in [0.25, 0.3) is 0 Å². The first-order valence-electron chi connectivity index (χ1n) is 6.86. The molecule has 116 valence electrons. The van der Waals surface area contributed by atoms with Gasteiger partial charge in [0.1, 0.15) is 11.5 Å². The number of phenolic OH excluding ortho intramolecular Hbond substituents is 2. The molecular formula is C16H16O6. The first kappa shape index (κ1) is 15.8. The number of aromatic hydroxyl groups is 2. The molecule has 6 nitrogen and oxygen atoms in total. The summed E-state index contributed by atoms with van der Waals surface area (Å²) in [6, 6.07) is 2.23. The fourth-order valence-corrected chi connectivity index (χ4v) is 2.25. The van der Waals surface area contributed by atoms with Crippen molar-refractivity contribution in [3.8, 4) is 11.5 Å². The maximum Gasteiger partial charge on any atom is 0.310 e. The lowest BCUT2D eigenvalue weighted by atomic mass is 9.98. The molecule has 22 heavy (non-hydrogen) atoms. The van der Waals surface area contributed by atoms with E-state index in [0.717, 1.165) is 18.2 Å². The number of fused-ring (bicyclic) bond motifs is 1. The van der Waals surface area contributed by atoms with Crippen molar-refractivity contribution in [2.24, 2.45) is 0 Å². The van der Waals surface area contributed by atoms with E-state index in [1.807, 2.05) is 0 Å². The molecule has 0 saturated carbocycles. The van der Waals surface area contributed by atoms with Crippen LogP contribution in [0.3, 0.4) is 0 Å². The minimum absolute atomic E-state index is 0.118. The van der Waals surface area contributed by atoms with Crippen molar-refractivity contribution in [1.29, 1.82) is 0 Å². The van der Waals surface area contributed by atoms with Crippen LogP contribution in [0.15, 0.2) is 24.3 Å². The van der Waals surface area contributed by atoms with Gasteiger partial charge in [0.15, 0.2) is 11.6 Å². The van der Waals surface area contributed by atoms with E-state index in [-0.39, 0.29) is 35.5 Å². The lowest BCUT2D eigenvalue weighted by molar-refractivity contribution is -0.148. The molecule has 0 aliphatic carbocycles. The van der Waals surface area contributed by atoms with Gasteiger partial charge in [0.2, 0.25) is 0 Å². The summed E-state index contributed by atoms with van der Waals surface area (Å²) in [7, 11) is 0. The number of rotatable bonds is 0. The van der Waals surface area contributed by atoms with Gasteiger partial charge in [0, 0.05) is 12.5 Å². The largest absolute Gasteiger partial charge is 0.508 e. The zero-order valence-electron chi connectivity index (χ0n) is 12.0. The molecule has 2 rings (SSSR count). The molecule has 1 aliphatic rings. The van der Waals surface area contributed by atoms with Crippen molar-refractivity contribution in [1.82, 2.24) is 0 Å². The van der Waals surface area contributed by atoms with Crippen LogP contribution in [-0.2, 0) is 20.7 Å². The van der Waals surface area contributed by atoms with Gasteiger partial charge in [-0.1, -0.05) is 0 Å². The first-order valence-corrected chi connectivity index (χ1v) is 6.86. The smallest absolute Gasteiger partial charge is 0.310 e. The highest BCUT2D eigenvalue weighted by molar-refractivity contribution is 6.10. The minimum Gasteiger partial charge on any atom is -0.508 e. The van der Waals surface area contributed by atoms with Gasteiger partial charge < -0.3 is 14.9 Å². The summed E-state index contributed by atoms with van der Waals surface area (Å²) < 4.78 is 5.15. The van der Waals surface area contributed by atoms with Crippen LogP contribution < -0.4 is 0 Å². The third kappa shape index (κ3) is 3.72. The summed E-state index contributed by atoms with van der Waals surface area (Å²) >= 11 is 0. The highest BCUT2D eigenvalue weighted by atomic mass is 16.5. The van der Waals surface area contributed by atoms with Gasteiger partial charge in [-0.05, 0) is 37.1 Å². The molecule has 0 amide bonds. The van der Waals surface area contributed by atoms with Gasteiger partial charge in [-0.15, -0.1) is 0 Å². The van der Waals surface area contributed by atoms with Crippen molar-refractivity contribution in [3.63, 3.8) is 0 Å². The number of ether oxygens (including phenoxy) is 1. The molecule has 1 aromatic rings. The molecule has 0 bridgehead atoms. The number of ketones is 2. The third-order valence-electron chi connectivity index (χ3n) is 3.32. The monoisotopic (exact) mass is 304 g/mol. The Bertz CT molecular complexity index is 659. The van der Waals surface area contributed by atoms with Gasteiger partial charge in [0.05, 0.1) is 18.1 Å². The number of allylic oxidation sites excluding steroid dienone is 2. The van der Waals surface area contributed by atoms with E-state index in [2.05, 4.69) is 0 Å². The Balaban J connectivity index is 2.48. The highest BCUT2D eigenvalue weighted by Gasteiger charge is 2.21. The molecule has 1 aliphatic heterocycles. The maximum absolute atomic E-state index is 12.1. The van der Waals surface area contributed by atoms with Crippen LogP contribution in [0.1, 0.15) is 35.7 Å². The lowest BCUT2D eigenvalue weighted by Gasteiger charge is -2.15. The van der Waals surface area contributed by atoms with Crippen molar-refractivity contribution in [3.05, 3.63) is 35.4 Å². The van der Waals surface area contributed by atoms with E-state index in [4.69, 9.17) is 4.74 Å². The molecule has 1 unspecified atom stereocenters. The molecule has 2 N–H and O–H groups in total. The van der Waals surface area contributed by atoms with Crippen LogP contribution in [0.2, 0.25) is 0 Å². The van der Waals surface area contributed by atoms with E-state index in [0.29, 0.717) is 6.42 Å². The summed E-state index contributed by atoms with van der Waals surface area (Å²) in [4.78, 5) is 35.7. The van der Waals surface area contributed by atoms with Crippen LogP contribution in [0, 0.1) is 0 Å². The second kappa shape index (κ2) is 6.43. The van der Waals surface area contributed by atoms with Gasteiger partial charge in [-0.25, -0.2) is 0 Å². The molecule has 0 radical (unpaired) electrons. The van der Waals surface area contributed by atoms with Gasteiger partial charge in [-0.2, -0.15) is 0 Å². The van der Waals surface area contributed by atoms with Gasteiger partial charge in [-0.3, -0.25) is 14.4 Å². The Kier molecular flexibility index (Phi) is 4.60. The van der Waals surface area contributed by atoms with Crippen LogP contribution >= 0.6 is 0 Å². The second-order valence-corrected chi connectivity index (χ2v) is 5.18. The Morgan fingerprint density at radius 1 is 1.14 bits per heavy atom. The summed E-state index contributed by atoms with van der Waals surface area (Å²) in [6.45, 7) is 1.67. The van der Waals surface area contributed by atoms with Gasteiger partial charge in [0.25, 0.3) is 0 Å². The Hall–Kier alpha value is -2.63. The predicted molar refractivity (Wildman–Crippen MR) is 76.7 cm³/mol. The van der Waals surface area contributed by atoms with E-state index in [9.17, 15) is 24.6 Å². The molecule has 0 spiro atoms. The summed E-state index contributed by atoms with van der Waals surface area (Å²) in [5.41, 5.74) is 0.0319. The normalized spacial score (nSPS) is 19.9. The van der Waals surface area contributed by atoms with Crippen LogP contribution in [-0.4, -0.2) is 33.9 Å². The second-order valence-electron chi connectivity index (χ2n) is 5.18. The fraction of sp³-hybridized carbons (Fsp3) is 0.312. The number of carbonyl (C=O) groups excluding carboxylic acids is 3. The number of phenols is 2. The van der Waals surface area contributed by atoms with E-state index in [1.165, 1.54) is 6.07 Å². The number of benzene rings is 1. The first-order chi connectivity index (χ1) is 10.4. The molecule has 6 heteroatoms. The number of cyclic esters (lactones) is 1. The Morgan fingerprint density at radius 3 is 2.59 bits per heavy atom. The van der Waals surface area contributed by atoms with Crippen molar-refractivity contribution in [2.45, 2.75) is 32.3 Å². The van der Waals surface area contributed by atoms with Crippen LogP contribution in [0.4, 0.5) is 0 Å². The highest BCUT2D eigenvalue weighted by Crippen LogP contribution is 2.29. The Labute approximate surface area is 127 Å². The topological polar surface area (TPSA) is 101 Å². The Morgan fingerprint density at radius 2 is 1.86 bits per heavy atom. The number of hydrogen-bond acceptors (Lipinski definition) is 6. The molecule has 0 saturated heterocycles.